The molecule has 0 aliphatic rings. The molecule has 0 bridgehead atoms. The van der Waals surface area contributed by atoms with Crippen LogP contribution in [0, 0.1) is 13.8 Å². The van der Waals surface area contributed by atoms with Gasteiger partial charge in [-0.25, -0.2) is 4.98 Å². The van der Waals surface area contributed by atoms with Crippen LogP contribution in [0.3, 0.4) is 0 Å². The van der Waals surface area contributed by atoms with Crippen molar-refractivity contribution >= 4 is 11.9 Å². The van der Waals surface area contributed by atoms with Crippen molar-refractivity contribution in [1.29, 1.82) is 0 Å². The zero-order chi connectivity index (χ0) is 20.8. The van der Waals surface area contributed by atoms with E-state index < -0.39 is 12.0 Å². The smallest absolute Gasteiger partial charge is 0.305 e. The molecular weight excluding hydrogens is 368 g/mol. The fraction of sp³-hybridized carbons (Fsp3) is 0.261. The second-order valence-corrected chi connectivity index (χ2v) is 6.96. The monoisotopic (exact) mass is 392 g/mol. The van der Waals surface area contributed by atoms with E-state index >= 15 is 0 Å². The van der Waals surface area contributed by atoms with E-state index in [-0.39, 0.29) is 18.7 Å². The van der Waals surface area contributed by atoms with Gasteiger partial charge < -0.3 is 14.8 Å². The molecule has 0 aliphatic heterocycles. The quantitative estimate of drug-likeness (QED) is 0.599. The largest absolute Gasteiger partial charge is 0.481 e. The average Bonchev–Trinajstić information content (AvgIpc) is 3.07. The van der Waals surface area contributed by atoms with Crippen molar-refractivity contribution in [3.05, 3.63) is 77.3 Å². The first kappa shape index (κ1) is 20.3. The third-order valence-electron chi connectivity index (χ3n) is 4.72. The van der Waals surface area contributed by atoms with Crippen molar-refractivity contribution in [2.24, 2.45) is 0 Å². The fourth-order valence-corrected chi connectivity index (χ4v) is 3.29. The summed E-state index contributed by atoms with van der Waals surface area (Å²) >= 11 is 0. The molecule has 2 aromatic carbocycles. The summed E-state index contributed by atoms with van der Waals surface area (Å²) < 4.78 is 5.84. The van der Waals surface area contributed by atoms with Crippen LogP contribution >= 0.6 is 0 Å². The van der Waals surface area contributed by atoms with E-state index in [0.717, 1.165) is 22.4 Å². The summed E-state index contributed by atoms with van der Waals surface area (Å²) in [7, 11) is 0. The number of benzene rings is 2. The highest BCUT2D eigenvalue weighted by Gasteiger charge is 2.20. The molecular formula is C23H24N2O4. The lowest BCUT2D eigenvalue weighted by molar-refractivity contribution is -0.137. The zero-order valence-corrected chi connectivity index (χ0v) is 16.5. The van der Waals surface area contributed by atoms with Gasteiger partial charge in [-0.3, -0.25) is 9.59 Å². The zero-order valence-electron chi connectivity index (χ0n) is 16.5. The number of hydrogen-bond donors (Lipinski definition) is 2. The molecule has 0 radical (unpaired) electrons. The van der Waals surface area contributed by atoms with Gasteiger partial charge in [0.05, 0.1) is 18.2 Å². The van der Waals surface area contributed by atoms with Gasteiger partial charge in [-0.05, 0) is 25.0 Å². The van der Waals surface area contributed by atoms with Crippen LogP contribution in [-0.4, -0.2) is 22.0 Å². The highest BCUT2D eigenvalue weighted by atomic mass is 16.4. The standard InChI is InChI=1S/C23H24N2O4/c1-15-8-6-7-11-18(15)19(14-22(27)28)25-20(26)12-13-21-24-16(2)23(29-21)17-9-4-3-5-10-17/h3-11,19H,12-14H2,1-2H3,(H,25,26)(H,27,28). The highest BCUT2D eigenvalue weighted by molar-refractivity contribution is 5.78. The molecule has 150 valence electrons. The maximum Gasteiger partial charge on any atom is 0.305 e. The molecule has 2 N–H and O–H groups in total. The molecule has 0 spiro atoms. The van der Waals surface area contributed by atoms with Crippen molar-refractivity contribution in [3.8, 4) is 11.3 Å². The Morgan fingerprint density at radius 1 is 1.07 bits per heavy atom. The molecule has 0 aliphatic carbocycles. The number of nitrogens with one attached hydrogen (secondary N) is 1. The molecule has 1 atom stereocenters. The van der Waals surface area contributed by atoms with Crippen LogP contribution in [0.4, 0.5) is 0 Å². The van der Waals surface area contributed by atoms with E-state index in [1.807, 2.05) is 68.4 Å². The first-order valence-corrected chi connectivity index (χ1v) is 9.52. The number of carbonyl (C=O) groups is 2. The Bertz CT molecular complexity index is 995. The van der Waals surface area contributed by atoms with Crippen LogP contribution in [0.5, 0.6) is 0 Å². The molecule has 3 rings (SSSR count). The van der Waals surface area contributed by atoms with Crippen LogP contribution in [0.25, 0.3) is 11.3 Å². The Morgan fingerprint density at radius 2 is 1.76 bits per heavy atom. The Kier molecular flexibility index (Phi) is 6.44. The fourth-order valence-electron chi connectivity index (χ4n) is 3.29. The molecule has 1 amide bonds. The van der Waals surface area contributed by atoms with Gasteiger partial charge in [0.1, 0.15) is 0 Å². The number of carboxylic acids is 1. The average molecular weight is 392 g/mol. The Labute approximate surface area is 169 Å². The second kappa shape index (κ2) is 9.19. The lowest BCUT2D eigenvalue weighted by atomic mass is 9.98. The summed E-state index contributed by atoms with van der Waals surface area (Å²) in [6.45, 7) is 3.77. The SMILES string of the molecule is Cc1ccccc1C(CC(=O)O)NC(=O)CCc1nc(C)c(-c2ccccc2)o1. The Balaban J connectivity index is 1.65. The molecule has 0 saturated heterocycles. The number of rotatable bonds is 8. The van der Waals surface area contributed by atoms with Crippen molar-refractivity contribution in [2.75, 3.05) is 0 Å². The van der Waals surface area contributed by atoms with Crippen LogP contribution in [0.2, 0.25) is 0 Å². The van der Waals surface area contributed by atoms with E-state index in [1.54, 1.807) is 0 Å². The topological polar surface area (TPSA) is 92.4 Å². The maximum absolute atomic E-state index is 12.5. The summed E-state index contributed by atoms with van der Waals surface area (Å²) in [5, 5.41) is 12.1. The molecule has 0 saturated carbocycles. The summed E-state index contributed by atoms with van der Waals surface area (Å²) in [5.41, 5.74) is 3.46. The van der Waals surface area contributed by atoms with E-state index in [4.69, 9.17) is 4.42 Å². The predicted octanol–water partition coefficient (Wildman–Crippen LogP) is 4.22. The Morgan fingerprint density at radius 3 is 2.45 bits per heavy atom. The van der Waals surface area contributed by atoms with Gasteiger partial charge in [-0.2, -0.15) is 0 Å². The number of carboxylic acid groups (broad SMARTS) is 1. The van der Waals surface area contributed by atoms with E-state index in [2.05, 4.69) is 10.3 Å². The van der Waals surface area contributed by atoms with Crippen molar-refractivity contribution in [1.82, 2.24) is 10.3 Å². The van der Waals surface area contributed by atoms with Gasteiger partial charge in [0.2, 0.25) is 5.91 Å². The van der Waals surface area contributed by atoms with Crippen molar-refractivity contribution < 1.29 is 19.1 Å². The number of amides is 1. The number of aliphatic carboxylic acids is 1. The van der Waals surface area contributed by atoms with Gasteiger partial charge in [-0.15, -0.1) is 0 Å². The number of oxazole rings is 1. The third-order valence-corrected chi connectivity index (χ3v) is 4.72. The van der Waals surface area contributed by atoms with Crippen LogP contribution < -0.4 is 5.32 Å². The maximum atomic E-state index is 12.5. The number of aryl methyl sites for hydroxylation is 3. The van der Waals surface area contributed by atoms with Gasteiger partial charge in [0.15, 0.2) is 11.7 Å². The predicted molar refractivity (Wildman–Crippen MR) is 109 cm³/mol. The molecule has 3 aromatic rings. The highest BCUT2D eigenvalue weighted by Crippen LogP contribution is 2.25. The van der Waals surface area contributed by atoms with E-state index in [0.29, 0.717) is 18.1 Å². The van der Waals surface area contributed by atoms with Gasteiger partial charge >= 0.3 is 5.97 Å². The first-order chi connectivity index (χ1) is 13.9. The molecule has 1 aromatic heterocycles. The number of hydrogen-bond acceptors (Lipinski definition) is 4. The Hall–Kier alpha value is -3.41. The second-order valence-electron chi connectivity index (χ2n) is 6.96. The van der Waals surface area contributed by atoms with Crippen molar-refractivity contribution in [3.63, 3.8) is 0 Å². The molecule has 6 heteroatoms. The van der Waals surface area contributed by atoms with Crippen LogP contribution in [-0.2, 0) is 16.0 Å². The summed E-state index contributed by atoms with van der Waals surface area (Å²) in [6.07, 6.45) is 0.329. The number of carbonyl (C=O) groups excluding carboxylic acids is 1. The summed E-state index contributed by atoms with van der Waals surface area (Å²) in [6, 6.07) is 16.6. The normalized spacial score (nSPS) is 11.8. The lowest BCUT2D eigenvalue weighted by Crippen LogP contribution is -2.30. The molecule has 0 fully saturated rings. The minimum atomic E-state index is -0.964. The van der Waals surface area contributed by atoms with E-state index in [9.17, 15) is 14.7 Å². The number of aromatic nitrogens is 1. The molecule has 1 heterocycles. The molecule has 29 heavy (non-hydrogen) atoms. The summed E-state index contributed by atoms with van der Waals surface area (Å²) in [4.78, 5) is 28.2. The summed E-state index contributed by atoms with van der Waals surface area (Å²) in [5.74, 6) is -0.0159. The van der Waals surface area contributed by atoms with Gasteiger partial charge in [-0.1, -0.05) is 54.6 Å². The number of nitrogens with zero attached hydrogens (tertiary/aromatic N) is 1. The minimum Gasteiger partial charge on any atom is -0.481 e. The van der Waals surface area contributed by atoms with Gasteiger partial charge in [0, 0.05) is 18.4 Å². The van der Waals surface area contributed by atoms with Crippen molar-refractivity contribution in [2.45, 2.75) is 39.2 Å². The first-order valence-electron chi connectivity index (χ1n) is 9.52. The minimum absolute atomic E-state index is 0.163. The third kappa shape index (κ3) is 5.31. The van der Waals surface area contributed by atoms with Gasteiger partial charge in [0.25, 0.3) is 0 Å². The van der Waals surface area contributed by atoms with Crippen LogP contribution in [0.1, 0.15) is 41.6 Å². The van der Waals surface area contributed by atoms with E-state index in [1.165, 1.54) is 0 Å². The molecule has 6 nitrogen and oxygen atoms in total. The van der Waals surface area contributed by atoms with Crippen LogP contribution in [0.15, 0.2) is 59.0 Å². The molecule has 1 unspecified atom stereocenters. The lowest BCUT2D eigenvalue weighted by Gasteiger charge is -2.19.